The summed E-state index contributed by atoms with van der Waals surface area (Å²) < 4.78 is 0. The van der Waals surface area contributed by atoms with Crippen LogP contribution in [0.25, 0.3) is 0 Å². The number of hydrogen-bond donors (Lipinski definition) is 2. The summed E-state index contributed by atoms with van der Waals surface area (Å²) in [4.78, 5) is 11.4. The molecular formula is C10H21NO2S. The first-order valence-electron chi connectivity index (χ1n) is 5.13. The third-order valence-electron chi connectivity index (χ3n) is 2.04. The maximum atomic E-state index is 11.4. The number of aliphatic hydroxyl groups is 1. The van der Waals surface area contributed by atoms with Crippen LogP contribution in [0.3, 0.4) is 0 Å². The number of thioether (sulfide) groups is 1. The lowest BCUT2D eigenvalue weighted by Crippen LogP contribution is -2.35. The molecule has 0 fully saturated rings. The number of aliphatic hydroxyl groups excluding tert-OH is 1. The van der Waals surface area contributed by atoms with Crippen LogP contribution in [-0.4, -0.2) is 35.7 Å². The van der Waals surface area contributed by atoms with E-state index >= 15 is 0 Å². The molecule has 0 heterocycles. The van der Waals surface area contributed by atoms with Crippen LogP contribution < -0.4 is 5.32 Å². The highest BCUT2D eigenvalue weighted by Crippen LogP contribution is 2.02. The molecule has 0 rings (SSSR count). The summed E-state index contributed by atoms with van der Waals surface area (Å²) in [6.45, 7) is 2.25. The number of carbonyl (C=O) groups excluding carboxylic acids is 1. The summed E-state index contributed by atoms with van der Waals surface area (Å²) in [5, 5.41) is 11.5. The molecule has 3 nitrogen and oxygen atoms in total. The topological polar surface area (TPSA) is 49.3 Å². The molecule has 84 valence electrons. The Kier molecular flexibility index (Phi) is 9.19. The summed E-state index contributed by atoms with van der Waals surface area (Å²) in [6, 6.07) is 0.298. The summed E-state index contributed by atoms with van der Waals surface area (Å²) in [5.74, 6) is 1.08. The van der Waals surface area contributed by atoms with Crippen molar-refractivity contribution in [2.45, 2.75) is 38.6 Å². The van der Waals surface area contributed by atoms with Gasteiger partial charge in [0.15, 0.2) is 0 Å². The Balaban J connectivity index is 3.56. The molecule has 0 bridgehead atoms. The van der Waals surface area contributed by atoms with Crippen molar-refractivity contribution in [3.8, 4) is 0 Å². The highest BCUT2D eigenvalue weighted by Gasteiger charge is 2.08. The van der Waals surface area contributed by atoms with Gasteiger partial charge < -0.3 is 10.4 Å². The molecule has 4 heteroatoms. The van der Waals surface area contributed by atoms with Crippen LogP contribution >= 0.6 is 11.8 Å². The van der Waals surface area contributed by atoms with Crippen molar-refractivity contribution in [2.75, 3.05) is 18.6 Å². The minimum absolute atomic E-state index is 0.111. The van der Waals surface area contributed by atoms with Crippen molar-refractivity contribution in [3.05, 3.63) is 0 Å². The first-order valence-corrected chi connectivity index (χ1v) is 6.53. The van der Waals surface area contributed by atoms with Crippen molar-refractivity contribution in [3.63, 3.8) is 0 Å². The number of unbranched alkanes of at least 4 members (excludes halogenated alkanes) is 1. The molecule has 1 atom stereocenters. The second kappa shape index (κ2) is 9.34. The number of rotatable bonds is 8. The second-order valence-corrected chi connectivity index (χ2v) is 4.22. The molecule has 14 heavy (non-hydrogen) atoms. The van der Waals surface area contributed by atoms with Gasteiger partial charge in [0.25, 0.3) is 0 Å². The van der Waals surface area contributed by atoms with Crippen molar-refractivity contribution >= 4 is 17.7 Å². The summed E-state index contributed by atoms with van der Waals surface area (Å²) in [7, 11) is 0. The second-order valence-electron chi connectivity index (χ2n) is 3.31. The number of nitrogens with one attached hydrogen (secondary N) is 1. The lowest BCUT2D eigenvalue weighted by molar-refractivity contribution is -0.121. The Labute approximate surface area is 90.7 Å². The summed E-state index contributed by atoms with van der Waals surface area (Å²) >= 11 is 1.75. The number of hydrogen-bond acceptors (Lipinski definition) is 3. The van der Waals surface area contributed by atoms with E-state index in [0.29, 0.717) is 18.9 Å². The van der Waals surface area contributed by atoms with Gasteiger partial charge in [-0.2, -0.15) is 11.8 Å². The van der Waals surface area contributed by atoms with Crippen LogP contribution in [0.4, 0.5) is 0 Å². The van der Waals surface area contributed by atoms with Crippen LogP contribution in [0.1, 0.15) is 32.6 Å². The van der Waals surface area contributed by atoms with E-state index in [1.54, 1.807) is 11.8 Å². The largest absolute Gasteiger partial charge is 0.396 e. The van der Waals surface area contributed by atoms with Crippen LogP contribution in [0.2, 0.25) is 0 Å². The fourth-order valence-corrected chi connectivity index (χ4v) is 1.88. The molecule has 0 aromatic rings. The molecule has 0 aromatic carbocycles. The van der Waals surface area contributed by atoms with Gasteiger partial charge in [-0.3, -0.25) is 4.79 Å². The summed E-state index contributed by atoms with van der Waals surface area (Å²) in [5.41, 5.74) is 0. The third kappa shape index (κ3) is 7.21. The molecule has 0 aliphatic carbocycles. The molecule has 0 aliphatic rings. The Morgan fingerprint density at radius 1 is 1.50 bits per heavy atom. The molecule has 0 saturated carbocycles. The van der Waals surface area contributed by atoms with Crippen LogP contribution in [-0.2, 0) is 4.79 Å². The van der Waals surface area contributed by atoms with E-state index in [1.165, 1.54) is 0 Å². The zero-order chi connectivity index (χ0) is 10.8. The quantitative estimate of drug-likeness (QED) is 0.607. The van der Waals surface area contributed by atoms with Gasteiger partial charge in [0.05, 0.1) is 0 Å². The van der Waals surface area contributed by atoms with Gasteiger partial charge in [0.1, 0.15) is 0 Å². The van der Waals surface area contributed by atoms with E-state index in [-0.39, 0.29) is 12.5 Å². The zero-order valence-electron chi connectivity index (χ0n) is 9.08. The number of carbonyl (C=O) groups is 1. The molecular weight excluding hydrogens is 198 g/mol. The Bertz CT molecular complexity index is 153. The van der Waals surface area contributed by atoms with Crippen LogP contribution in [0, 0.1) is 0 Å². The minimum atomic E-state index is 0.111. The fraction of sp³-hybridized carbons (Fsp3) is 0.900. The highest BCUT2D eigenvalue weighted by atomic mass is 32.2. The predicted molar refractivity (Wildman–Crippen MR) is 61.5 cm³/mol. The first kappa shape index (κ1) is 13.8. The molecule has 0 aliphatic heterocycles. The van der Waals surface area contributed by atoms with Gasteiger partial charge in [-0.25, -0.2) is 0 Å². The van der Waals surface area contributed by atoms with Gasteiger partial charge in [-0.1, -0.05) is 6.92 Å². The van der Waals surface area contributed by atoms with Gasteiger partial charge in [0, 0.05) is 24.8 Å². The molecule has 0 spiro atoms. The van der Waals surface area contributed by atoms with Gasteiger partial charge in [-0.05, 0) is 25.5 Å². The monoisotopic (exact) mass is 219 g/mol. The predicted octanol–water partition coefficient (Wildman–Crippen LogP) is 1.41. The van der Waals surface area contributed by atoms with E-state index in [1.807, 2.05) is 6.26 Å². The van der Waals surface area contributed by atoms with Crippen LogP contribution in [0.5, 0.6) is 0 Å². The first-order chi connectivity index (χ1) is 6.74. The number of amides is 1. The van der Waals surface area contributed by atoms with Crippen molar-refractivity contribution < 1.29 is 9.90 Å². The van der Waals surface area contributed by atoms with Gasteiger partial charge in [-0.15, -0.1) is 0 Å². The zero-order valence-corrected chi connectivity index (χ0v) is 9.90. The highest BCUT2D eigenvalue weighted by molar-refractivity contribution is 7.98. The fourth-order valence-electron chi connectivity index (χ4n) is 1.16. The van der Waals surface area contributed by atoms with E-state index in [0.717, 1.165) is 18.6 Å². The van der Waals surface area contributed by atoms with Crippen molar-refractivity contribution in [2.24, 2.45) is 0 Å². The molecule has 1 amide bonds. The smallest absolute Gasteiger partial charge is 0.220 e. The normalized spacial score (nSPS) is 12.5. The average Bonchev–Trinajstić information content (AvgIpc) is 2.17. The molecule has 0 saturated heterocycles. The van der Waals surface area contributed by atoms with Gasteiger partial charge in [0.2, 0.25) is 5.91 Å². The van der Waals surface area contributed by atoms with E-state index in [2.05, 4.69) is 12.2 Å². The maximum absolute atomic E-state index is 11.4. The minimum Gasteiger partial charge on any atom is -0.396 e. The van der Waals surface area contributed by atoms with Crippen LogP contribution in [0.15, 0.2) is 0 Å². The third-order valence-corrected chi connectivity index (χ3v) is 2.77. The van der Waals surface area contributed by atoms with E-state index in [9.17, 15) is 4.79 Å². The molecule has 2 N–H and O–H groups in total. The standard InChI is InChI=1S/C10H21NO2S/c1-3-9(8-14-2)11-10(13)6-4-5-7-12/h9,12H,3-8H2,1-2H3,(H,11,13). The lowest BCUT2D eigenvalue weighted by atomic mass is 10.2. The SMILES string of the molecule is CCC(CSC)NC(=O)CCCCO. The van der Waals surface area contributed by atoms with Crippen molar-refractivity contribution in [1.82, 2.24) is 5.32 Å². The molecule has 0 radical (unpaired) electrons. The molecule has 0 aromatic heterocycles. The van der Waals surface area contributed by atoms with Crippen molar-refractivity contribution in [1.29, 1.82) is 0 Å². The Morgan fingerprint density at radius 3 is 2.71 bits per heavy atom. The average molecular weight is 219 g/mol. The van der Waals surface area contributed by atoms with E-state index < -0.39 is 0 Å². The Morgan fingerprint density at radius 2 is 2.21 bits per heavy atom. The van der Waals surface area contributed by atoms with Gasteiger partial charge >= 0.3 is 0 Å². The molecule has 1 unspecified atom stereocenters. The maximum Gasteiger partial charge on any atom is 0.220 e. The Hall–Kier alpha value is -0.220. The summed E-state index contributed by atoms with van der Waals surface area (Å²) in [6.07, 6.45) is 5.05. The lowest BCUT2D eigenvalue weighted by Gasteiger charge is -2.15. The van der Waals surface area contributed by atoms with E-state index in [4.69, 9.17) is 5.11 Å².